The topological polar surface area (TPSA) is 96.5 Å². The molecule has 0 bridgehead atoms. The first-order chi connectivity index (χ1) is 14.1. The standard InChI is InChI=1S/C22H24BrN3O4/c1-22(2,3)30-21(29)24-14-20(28)26-18-10-5-4-9-17(18)25-19(27)12-11-15-7-6-8-16(23)13-15/h4-13H,14H2,1-3H3,(H,24,29)(H,25,27)(H,26,28)/b12-11+. The van der Waals surface area contributed by atoms with Gasteiger partial charge < -0.3 is 20.7 Å². The second kappa shape index (κ2) is 10.6. The van der Waals surface area contributed by atoms with Crippen molar-refractivity contribution in [2.24, 2.45) is 0 Å². The van der Waals surface area contributed by atoms with Crippen LogP contribution in [0.25, 0.3) is 6.08 Å². The Morgan fingerprint density at radius 2 is 1.67 bits per heavy atom. The SMILES string of the molecule is CC(C)(C)OC(=O)NCC(=O)Nc1ccccc1NC(=O)/C=C/c1cccc(Br)c1. The van der Waals surface area contributed by atoms with E-state index in [-0.39, 0.29) is 12.5 Å². The lowest BCUT2D eigenvalue weighted by molar-refractivity contribution is -0.115. The predicted molar refractivity (Wildman–Crippen MR) is 121 cm³/mol. The number of amides is 3. The van der Waals surface area contributed by atoms with E-state index in [1.807, 2.05) is 24.3 Å². The summed E-state index contributed by atoms with van der Waals surface area (Å²) in [5.41, 5.74) is 1.07. The number of rotatable bonds is 6. The van der Waals surface area contributed by atoms with E-state index in [9.17, 15) is 14.4 Å². The molecular formula is C22H24BrN3O4. The fourth-order valence-corrected chi connectivity index (χ4v) is 2.74. The number of nitrogens with one attached hydrogen (secondary N) is 3. The Labute approximate surface area is 184 Å². The molecule has 2 aromatic carbocycles. The molecule has 0 aliphatic heterocycles. The van der Waals surface area contributed by atoms with Crippen LogP contribution in [0.15, 0.2) is 59.1 Å². The highest BCUT2D eigenvalue weighted by Crippen LogP contribution is 2.21. The Kier molecular flexibility index (Phi) is 8.17. The Morgan fingerprint density at radius 1 is 1.00 bits per heavy atom. The van der Waals surface area contributed by atoms with E-state index in [0.717, 1.165) is 10.0 Å². The fourth-order valence-electron chi connectivity index (χ4n) is 2.32. The van der Waals surface area contributed by atoms with Gasteiger partial charge in [0.25, 0.3) is 0 Å². The molecule has 0 unspecified atom stereocenters. The van der Waals surface area contributed by atoms with Crippen LogP contribution in [0.3, 0.4) is 0 Å². The summed E-state index contributed by atoms with van der Waals surface area (Å²) in [5, 5.41) is 7.78. The first-order valence-corrected chi connectivity index (χ1v) is 10.0. The molecule has 0 heterocycles. The Bertz CT molecular complexity index is 951. The maximum Gasteiger partial charge on any atom is 0.408 e. The zero-order chi connectivity index (χ0) is 22.1. The van der Waals surface area contributed by atoms with Crippen LogP contribution in [0.4, 0.5) is 16.2 Å². The van der Waals surface area contributed by atoms with Crippen molar-refractivity contribution in [3.8, 4) is 0 Å². The third-order valence-electron chi connectivity index (χ3n) is 3.53. The average Bonchev–Trinajstić information content (AvgIpc) is 2.65. The van der Waals surface area contributed by atoms with Crippen LogP contribution in [0.2, 0.25) is 0 Å². The quantitative estimate of drug-likeness (QED) is 0.535. The lowest BCUT2D eigenvalue weighted by Gasteiger charge is -2.19. The largest absolute Gasteiger partial charge is 0.444 e. The predicted octanol–water partition coefficient (Wildman–Crippen LogP) is 4.56. The number of hydrogen-bond donors (Lipinski definition) is 3. The summed E-state index contributed by atoms with van der Waals surface area (Å²) in [6.45, 7) is 4.93. The van der Waals surface area contributed by atoms with Gasteiger partial charge in [0.15, 0.2) is 0 Å². The van der Waals surface area contributed by atoms with Crippen LogP contribution in [-0.2, 0) is 14.3 Å². The molecule has 7 nitrogen and oxygen atoms in total. The third kappa shape index (κ3) is 8.48. The van der Waals surface area contributed by atoms with Gasteiger partial charge in [0.05, 0.1) is 11.4 Å². The van der Waals surface area contributed by atoms with Gasteiger partial charge in [-0.2, -0.15) is 0 Å². The van der Waals surface area contributed by atoms with Gasteiger partial charge in [-0.1, -0.05) is 40.2 Å². The van der Waals surface area contributed by atoms with Crippen molar-refractivity contribution in [1.82, 2.24) is 5.32 Å². The van der Waals surface area contributed by atoms with E-state index in [1.54, 1.807) is 51.1 Å². The van der Waals surface area contributed by atoms with Gasteiger partial charge in [-0.3, -0.25) is 9.59 Å². The number of anilines is 2. The van der Waals surface area contributed by atoms with Crippen molar-refractivity contribution < 1.29 is 19.1 Å². The molecule has 0 atom stereocenters. The normalized spacial score (nSPS) is 11.1. The van der Waals surface area contributed by atoms with Gasteiger partial charge in [0, 0.05) is 10.5 Å². The molecule has 8 heteroatoms. The number of hydrogen-bond acceptors (Lipinski definition) is 4. The molecule has 0 radical (unpaired) electrons. The minimum Gasteiger partial charge on any atom is -0.444 e. The van der Waals surface area contributed by atoms with Gasteiger partial charge >= 0.3 is 6.09 Å². The molecule has 0 saturated heterocycles. The molecule has 30 heavy (non-hydrogen) atoms. The highest BCUT2D eigenvalue weighted by molar-refractivity contribution is 9.10. The molecule has 3 N–H and O–H groups in total. The maximum absolute atomic E-state index is 12.3. The summed E-state index contributed by atoms with van der Waals surface area (Å²) in [5.74, 6) is -0.796. The average molecular weight is 474 g/mol. The van der Waals surface area contributed by atoms with Crippen molar-refractivity contribution >= 4 is 51.3 Å². The number of alkyl carbamates (subject to hydrolysis) is 1. The Morgan fingerprint density at radius 3 is 2.30 bits per heavy atom. The molecule has 0 aromatic heterocycles. The summed E-state index contributed by atoms with van der Waals surface area (Å²) in [4.78, 5) is 36.1. The second-order valence-corrected chi connectivity index (χ2v) is 8.24. The van der Waals surface area contributed by atoms with Crippen LogP contribution < -0.4 is 16.0 Å². The molecule has 0 aliphatic rings. The number of halogens is 1. The molecule has 0 saturated carbocycles. The van der Waals surface area contributed by atoms with Crippen LogP contribution >= 0.6 is 15.9 Å². The fraction of sp³-hybridized carbons (Fsp3) is 0.227. The third-order valence-corrected chi connectivity index (χ3v) is 4.02. The van der Waals surface area contributed by atoms with Gasteiger partial charge in [0.2, 0.25) is 11.8 Å². The van der Waals surface area contributed by atoms with Crippen LogP contribution in [0, 0.1) is 0 Å². The van der Waals surface area contributed by atoms with E-state index in [1.165, 1.54) is 6.08 Å². The van der Waals surface area contributed by atoms with E-state index in [2.05, 4.69) is 31.9 Å². The number of carbonyl (C=O) groups is 3. The van der Waals surface area contributed by atoms with Crippen molar-refractivity contribution in [2.75, 3.05) is 17.2 Å². The first-order valence-electron chi connectivity index (χ1n) is 9.23. The van der Waals surface area contributed by atoms with Crippen LogP contribution in [-0.4, -0.2) is 30.1 Å². The van der Waals surface area contributed by atoms with Crippen molar-refractivity contribution in [3.05, 3.63) is 64.6 Å². The van der Waals surface area contributed by atoms with Gasteiger partial charge in [-0.25, -0.2) is 4.79 Å². The summed E-state index contributed by atoms with van der Waals surface area (Å²) >= 11 is 3.38. The second-order valence-electron chi connectivity index (χ2n) is 7.33. The lowest BCUT2D eigenvalue weighted by Crippen LogP contribution is -2.37. The van der Waals surface area contributed by atoms with Crippen LogP contribution in [0.1, 0.15) is 26.3 Å². The van der Waals surface area contributed by atoms with Crippen LogP contribution in [0.5, 0.6) is 0 Å². The van der Waals surface area contributed by atoms with Crippen molar-refractivity contribution in [2.45, 2.75) is 26.4 Å². The number of para-hydroxylation sites is 2. The van der Waals surface area contributed by atoms with Crippen molar-refractivity contribution in [1.29, 1.82) is 0 Å². The van der Waals surface area contributed by atoms with E-state index >= 15 is 0 Å². The van der Waals surface area contributed by atoms with Gasteiger partial charge in [-0.15, -0.1) is 0 Å². The zero-order valence-corrected chi connectivity index (χ0v) is 18.6. The summed E-state index contributed by atoms with van der Waals surface area (Å²) < 4.78 is 6.00. The van der Waals surface area contributed by atoms with Gasteiger partial charge in [0.1, 0.15) is 12.1 Å². The molecule has 0 spiro atoms. The van der Waals surface area contributed by atoms with E-state index in [4.69, 9.17) is 4.74 Å². The number of ether oxygens (including phenoxy) is 1. The first kappa shape index (κ1) is 23.2. The smallest absolute Gasteiger partial charge is 0.408 e. The van der Waals surface area contributed by atoms with E-state index in [0.29, 0.717) is 11.4 Å². The molecule has 2 aromatic rings. The highest BCUT2D eigenvalue weighted by atomic mass is 79.9. The molecule has 2 rings (SSSR count). The Hall–Kier alpha value is -3.13. The summed E-state index contributed by atoms with van der Waals surface area (Å²) in [6, 6.07) is 14.3. The lowest BCUT2D eigenvalue weighted by atomic mass is 10.2. The van der Waals surface area contributed by atoms with Crippen molar-refractivity contribution in [3.63, 3.8) is 0 Å². The Balaban J connectivity index is 1.94. The number of carbonyl (C=O) groups excluding carboxylic acids is 3. The number of benzene rings is 2. The minimum atomic E-state index is -0.683. The molecule has 3 amide bonds. The molecule has 158 valence electrons. The molecular weight excluding hydrogens is 450 g/mol. The monoisotopic (exact) mass is 473 g/mol. The molecule has 0 fully saturated rings. The zero-order valence-electron chi connectivity index (χ0n) is 17.0. The minimum absolute atomic E-state index is 0.264. The summed E-state index contributed by atoms with van der Waals surface area (Å²) in [6.07, 6.45) is 2.41. The highest BCUT2D eigenvalue weighted by Gasteiger charge is 2.17. The van der Waals surface area contributed by atoms with E-state index < -0.39 is 17.6 Å². The summed E-state index contributed by atoms with van der Waals surface area (Å²) in [7, 11) is 0. The molecule has 0 aliphatic carbocycles. The van der Waals surface area contributed by atoms with Gasteiger partial charge in [-0.05, 0) is 56.7 Å². The maximum atomic E-state index is 12.3.